The molecule has 0 aromatic rings. The molecule has 0 amide bonds. The Balaban J connectivity index is 2.04. The van der Waals surface area contributed by atoms with Crippen LogP contribution in [0.25, 0.3) is 0 Å². The zero-order valence-electron chi connectivity index (χ0n) is 10.5. The minimum Gasteiger partial charge on any atom is -0.378 e. The van der Waals surface area contributed by atoms with Crippen molar-refractivity contribution in [3.63, 3.8) is 0 Å². The van der Waals surface area contributed by atoms with Crippen LogP contribution in [-0.2, 0) is 9.47 Å². The number of hydrogen-bond acceptors (Lipinski definition) is 3. The maximum absolute atomic E-state index is 5.65. The summed E-state index contributed by atoms with van der Waals surface area (Å²) in [5, 5.41) is 3.52. The van der Waals surface area contributed by atoms with E-state index in [1.165, 1.54) is 0 Å². The molecule has 1 N–H and O–H groups in total. The molecule has 0 aromatic carbocycles. The summed E-state index contributed by atoms with van der Waals surface area (Å²) in [5.41, 5.74) is -0.0232. The van der Waals surface area contributed by atoms with Gasteiger partial charge in [0.1, 0.15) is 0 Å². The molecule has 90 valence electrons. The molecule has 0 radical (unpaired) electrons. The average Bonchev–Trinajstić information content (AvgIpc) is 2.11. The monoisotopic (exact) mass is 215 g/mol. The summed E-state index contributed by atoms with van der Waals surface area (Å²) in [6.07, 6.45) is 2.65. The second kappa shape index (κ2) is 5.83. The van der Waals surface area contributed by atoms with Gasteiger partial charge < -0.3 is 14.8 Å². The van der Waals surface area contributed by atoms with Gasteiger partial charge in [0, 0.05) is 19.2 Å². The number of nitrogens with one attached hydrogen (secondary N) is 1. The van der Waals surface area contributed by atoms with Crippen molar-refractivity contribution in [2.24, 2.45) is 0 Å². The summed E-state index contributed by atoms with van der Waals surface area (Å²) < 4.78 is 11.2. The highest BCUT2D eigenvalue weighted by molar-refractivity contribution is 4.74. The van der Waals surface area contributed by atoms with Gasteiger partial charge in [0.05, 0.1) is 18.3 Å². The predicted octanol–water partition coefficient (Wildman–Crippen LogP) is 1.96. The average molecular weight is 215 g/mol. The number of ether oxygens (including phenoxy) is 2. The molecule has 0 bridgehead atoms. The lowest BCUT2D eigenvalue weighted by Gasteiger charge is -2.28. The van der Waals surface area contributed by atoms with E-state index in [9.17, 15) is 0 Å². The van der Waals surface area contributed by atoms with Crippen molar-refractivity contribution in [2.45, 2.75) is 58.3 Å². The summed E-state index contributed by atoms with van der Waals surface area (Å²) in [7, 11) is 0. The van der Waals surface area contributed by atoms with Crippen molar-refractivity contribution in [3.8, 4) is 0 Å². The van der Waals surface area contributed by atoms with Crippen molar-refractivity contribution in [1.82, 2.24) is 5.32 Å². The highest BCUT2D eigenvalue weighted by atomic mass is 16.5. The summed E-state index contributed by atoms with van der Waals surface area (Å²) in [4.78, 5) is 0. The van der Waals surface area contributed by atoms with Gasteiger partial charge in [0.15, 0.2) is 0 Å². The van der Waals surface area contributed by atoms with E-state index in [1.54, 1.807) is 0 Å². The molecule has 2 unspecified atom stereocenters. The van der Waals surface area contributed by atoms with Gasteiger partial charge in [-0.05, 0) is 40.5 Å². The van der Waals surface area contributed by atoms with E-state index in [2.05, 4.69) is 33.0 Å². The zero-order chi connectivity index (χ0) is 11.3. The zero-order valence-corrected chi connectivity index (χ0v) is 10.5. The van der Waals surface area contributed by atoms with E-state index < -0.39 is 0 Å². The lowest BCUT2D eigenvalue weighted by molar-refractivity contribution is -0.00959. The van der Waals surface area contributed by atoms with Gasteiger partial charge in [-0.2, -0.15) is 0 Å². The van der Waals surface area contributed by atoms with Gasteiger partial charge in [-0.1, -0.05) is 0 Å². The Hall–Kier alpha value is -0.120. The Kier molecular flexibility index (Phi) is 5.03. The normalized spacial score (nSPS) is 28.0. The molecule has 1 saturated heterocycles. The van der Waals surface area contributed by atoms with E-state index in [0.717, 1.165) is 32.6 Å². The van der Waals surface area contributed by atoms with Crippen LogP contribution in [0.3, 0.4) is 0 Å². The van der Waals surface area contributed by atoms with Gasteiger partial charge >= 0.3 is 0 Å². The largest absolute Gasteiger partial charge is 0.378 e. The molecular weight excluding hydrogens is 190 g/mol. The molecule has 0 saturated carbocycles. The van der Waals surface area contributed by atoms with Crippen molar-refractivity contribution >= 4 is 0 Å². The van der Waals surface area contributed by atoms with Gasteiger partial charge in [0.2, 0.25) is 0 Å². The van der Waals surface area contributed by atoms with Crippen molar-refractivity contribution in [2.75, 3.05) is 19.8 Å². The van der Waals surface area contributed by atoms with Crippen molar-refractivity contribution < 1.29 is 9.47 Å². The van der Waals surface area contributed by atoms with Gasteiger partial charge in [-0.25, -0.2) is 0 Å². The highest BCUT2D eigenvalue weighted by Crippen LogP contribution is 2.13. The van der Waals surface area contributed by atoms with E-state index in [1.807, 2.05) is 0 Å². The van der Waals surface area contributed by atoms with Crippen molar-refractivity contribution in [1.29, 1.82) is 0 Å². The third kappa shape index (κ3) is 6.13. The van der Waals surface area contributed by atoms with Crippen LogP contribution >= 0.6 is 0 Å². The lowest BCUT2D eigenvalue weighted by Crippen LogP contribution is -2.40. The van der Waals surface area contributed by atoms with E-state index >= 15 is 0 Å². The van der Waals surface area contributed by atoms with Crippen LogP contribution in [0, 0.1) is 0 Å². The fourth-order valence-electron chi connectivity index (χ4n) is 1.80. The Morgan fingerprint density at radius 1 is 1.40 bits per heavy atom. The number of rotatable bonds is 4. The van der Waals surface area contributed by atoms with Crippen LogP contribution in [0.5, 0.6) is 0 Å². The standard InChI is InChI=1S/C12H25NO2/c1-10-9-11(5-7-14-10)13-6-8-15-12(2,3)4/h10-11,13H,5-9H2,1-4H3. The van der Waals surface area contributed by atoms with Crippen molar-refractivity contribution in [3.05, 3.63) is 0 Å². The maximum Gasteiger partial charge on any atom is 0.0599 e. The molecule has 1 fully saturated rings. The first-order chi connectivity index (χ1) is 6.97. The molecule has 15 heavy (non-hydrogen) atoms. The molecule has 3 heteroatoms. The van der Waals surface area contributed by atoms with Crippen LogP contribution < -0.4 is 5.32 Å². The fraction of sp³-hybridized carbons (Fsp3) is 1.00. The molecule has 1 heterocycles. The van der Waals surface area contributed by atoms with Crippen LogP contribution in [-0.4, -0.2) is 37.5 Å². The second-order valence-corrected chi connectivity index (χ2v) is 5.32. The molecular formula is C12H25NO2. The molecule has 1 rings (SSSR count). The van der Waals surface area contributed by atoms with Gasteiger partial charge in [0.25, 0.3) is 0 Å². The molecule has 2 atom stereocenters. The second-order valence-electron chi connectivity index (χ2n) is 5.32. The van der Waals surface area contributed by atoms with Gasteiger partial charge in [-0.3, -0.25) is 0 Å². The highest BCUT2D eigenvalue weighted by Gasteiger charge is 2.18. The molecule has 0 aromatic heterocycles. The third-order valence-corrected chi connectivity index (χ3v) is 2.56. The summed E-state index contributed by atoms with van der Waals surface area (Å²) in [6.45, 7) is 11.0. The Bertz CT molecular complexity index is 177. The Labute approximate surface area is 93.5 Å². The smallest absolute Gasteiger partial charge is 0.0599 e. The Morgan fingerprint density at radius 2 is 2.13 bits per heavy atom. The first-order valence-electron chi connectivity index (χ1n) is 5.96. The number of hydrogen-bond donors (Lipinski definition) is 1. The van der Waals surface area contributed by atoms with Crippen LogP contribution in [0.1, 0.15) is 40.5 Å². The van der Waals surface area contributed by atoms with E-state index in [0.29, 0.717) is 12.1 Å². The SMILES string of the molecule is CC1CC(NCCOC(C)(C)C)CCO1. The van der Waals surface area contributed by atoms with Gasteiger partial charge in [-0.15, -0.1) is 0 Å². The topological polar surface area (TPSA) is 30.5 Å². The molecule has 3 nitrogen and oxygen atoms in total. The maximum atomic E-state index is 5.65. The lowest BCUT2D eigenvalue weighted by atomic mass is 10.0. The van der Waals surface area contributed by atoms with Crippen LogP contribution in [0.2, 0.25) is 0 Å². The van der Waals surface area contributed by atoms with Crippen LogP contribution in [0.15, 0.2) is 0 Å². The molecule has 1 aliphatic heterocycles. The minimum absolute atomic E-state index is 0.0232. The third-order valence-electron chi connectivity index (χ3n) is 2.56. The quantitative estimate of drug-likeness (QED) is 0.727. The van der Waals surface area contributed by atoms with E-state index in [-0.39, 0.29) is 5.60 Å². The molecule has 0 spiro atoms. The first kappa shape index (κ1) is 12.9. The van der Waals surface area contributed by atoms with E-state index in [4.69, 9.17) is 9.47 Å². The first-order valence-corrected chi connectivity index (χ1v) is 5.96. The summed E-state index contributed by atoms with van der Waals surface area (Å²) >= 11 is 0. The fourth-order valence-corrected chi connectivity index (χ4v) is 1.80. The minimum atomic E-state index is -0.0232. The summed E-state index contributed by atoms with van der Waals surface area (Å²) in [6, 6.07) is 0.609. The van der Waals surface area contributed by atoms with Crippen LogP contribution in [0.4, 0.5) is 0 Å². The predicted molar refractivity (Wildman–Crippen MR) is 62.1 cm³/mol. The summed E-state index contributed by atoms with van der Waals surface area (Å²) in [5.74, 6) is 0. The molecule has 1 aliphatic rings. The molecule has 0 aliphatic carbocycles. The Morgan fingerprint density at radius 3 is 2.73 bits per heavy atom.